The van der Waals surface area contributed by atoms with Crippen molar-refractivity contribution < 1.29 is 13.9 Å². The molecule has 1 aromatic carbocycles. The Hall–Kier alpha value is -1.65. The van der Waals surface area contributed by atoms with Crippen molar-refractivity contribution in [3.63, 3.8) is 0 Å². The Labute approximate surface area is 125 Å². The molecule has 108 valence electrons. The average molecular weight is 344 g/mol. The Bertz CT molecular complexity index is 531. The first-order chi connectivity index (χ1) is 9.51. The fraction of sp³-hybridized carbons (Fsp3) is 0.385. The maximum atomic E-state index is 14.0. The second-order valence-electron chi connectivity index (χ2n) is 4.05. The van der Waals surface area contributed by atoms with Crippen LogP contribution >= 0.6 is 15.9 Å². The van der Waals surface area contributed by atoms with Gasteiger partial charge in [-0.1, -0.05) is 0 Å². The van der Waals surface area contributed by atoms with Gasteiger partial charge in [0.2, 0.25) is 5.91 Å². The van der Waals surface area contributed by atoms with Crippen LogP contribution in [0.2, 0.25) is 0 Å². The van der Waals surface area contributed by atoms with Gasteiger partial charge < -0.3 is 15.4 Å². The first-order valence-electron chi connectivity index (χ1n) is 5.92. The van der Waals surface area contributed by atoms with Crippen molar-refractivity contribution >= 4 is 27.5 Å². The third kappa shape index (κ3) is 4.18. The summed E-state index contributed by atoms with van der Waals surface area (Å²) in [6.45, 7) is 2.42. The van der Waals surface area contributed by atoms with Crippen LogP contribution in [0.15, 0.2) is 16.6 Å². The molecule has 7 heteroatoms. The molecule has 1 unspecified atom stereocenters. The Morgan fingerprint density at radius 3 is 2.90 bits per heavy atom. The van der Waals surface area contributed by atoms with Crippen LogP contribution in [0.25, 0.3) is 0 Å². The van der Waals surface area contributed by atoms with Gasteiger partial charge in [-0.15, -0.1) is 0 Å². The van der Waals surface area contributed by atoms with Gasteiger partial charge in [-0.25, -0.2) is 4.39 Å². The third-order valence-electron chi connectivity index (χ3n) is 2.57. The standard InChI is InChI=1S/C13H15BrFN3O2/c1-8(13(19)17-5-6-20-2)18-10-4-3-9(7-16)11(14)12(10)15/h3-4,8,18H,5-6H2,1-2H3,(H,17,19). The number of carbonyl (C=O) groups is 1. The molecule has 0 aliphatic heterocycles. The number of carbonyl (C=O) groups excluding carboxylic acids is 1. The molecule has 0 spiro atoms. The van der Waals surface area contributed by atoms with Crippen LogP contribution in [-0.4, -0.2) is 32.2 Å². The normalized spacial score (nSPS) is 11.6. The van der Waals surface area contributed by atoms with Crippen LogP contribution in [-0.2, 0) is 9.53 Å². The van der Waals surface area contributed by atoms with Crippen LogP contribution in [0.3, 0.4) is 0 Å². The first kappa shape index (κ1) is 16.4. The van der Waals surface area contributed by atoms with Crippen molar-refractivity contribution in [2.45, 2.75) is 13.0 Å². The average Bonchev–Trinajstić information content (AvgIpc) is 2.44. The number of nitrogens with one attached hydrogen (secondary N) is 2. The molecule has 0 aliphatic carbocycles. The van der Waals surface area contributed by atoms with E-state index in [1.165, 1.54) is 19.2 Å². The highest BCUT2D eigenvalue weighted by Gasteiger charge is 2.16. The maximum absolute atomic E-state index is 14.0. The van der Waals surface area contributed by atoms with Crippen molar-refractivity contribution in [2.75, 3.05) is 25.6 Å². The van der Waals surface area contributed by atoms with Gasteiger partial charge in [0, 0.05) is 13.7 Å². The van der Waals surface area contributed by atoms with E-state index >= 15 is 0 Å². The van der Waals surface area contributed by atoms with Crippen molar-refractivity contribution in [1.82, 2.24) is 5.32 Å². The zero-order chi connectivity index (χ0) is 15.1. The van der Waals surface area contributed by atoms with Gasteiger partial charge in [0.1, 0.15) is 12.1 Å². The minimum atomic E-state index is -0.610. The number of nitrogens with zero attached hydrogens (tertiary/aromatic N) is 1. The van der Waals surface area contributed by atoms with E-state index in [2.05, 4.69) is 26.6 Å². The number of rotatable bonds is 6. The number of amides is 1. The molecule has 20 heavy (non-hydrogen) atoms. The van der Waals surface area contributed by atoms with Crippen LogP contribution in [0.1, 0.15) is 12.5 Å². The Morgan fingerprint density at radius 2 is 2.30 bits per heavy atom. The summed E-state index contributed by atoms with van der Waals surface area (Å²) in [5.74, 6) is -0.859. The number of methoxy groups -OCH3 is 1. The summed E-state index contributed by atoms with van der Waals surface area (Å²) in [6.07, 6.45) is 0. The van der Waals surface area contributed by atoms with Crippen LogP contribution in [0.5, 0.6) is 0 Å². The highest BCUT2D eigenvalue weighted by Crippen LogP contribution is 2.26. The van der Waals surface area contributed by atoms with Crippen molar-refractivity contribution in [3.8, 4) is 6.07 Å². The molecular formula is C13H15BrFN3O2. The summed E-state index contributed by atoms with van der Waals surface area (Å²) in [6, 6.07) is 4.16. The number of benzene rings is 1. The van der Waals surface area contributed by atoms with Crippen LogP contribution < -0.4 is 10.6 Å². The first-order valence-corrected chi connectivity index (χ1v) is 6.71. The molecule has 0 aromatic heterocycles. The minimum Gasteiger partial charge on any atom is -0.383 e. The largest absolute Gasteiger partial charge is 0.383 e. The van der Waals surface area contributed by atoms with E-state index in [0.29, 0.717) is 13.2 Å². The number of hydrogen-bond acceptors (Lipinski definition) is 4. The summed E-state index contributed by atoms with van der Waals surface area (Å²) in [5.41, 5.74) is 0.357. The Balaban J connectivity index is 2.71. The van der Waals surface area contributed by atoms with Crippen molar-refractivity contribution in [3.05, 3.63) is 28.0 Å². The molecule has 1 atom stereocenters. The van der Waals surface area contributed by atoms with Crippen molar-refractivity contribution in [1.29, 1.82) is 5.26 Å². The summed E-state index contributed by atoms with van der Waals surface area (Å²) in [5, 5.41) is 14.2. The topological polar surface area (TPSA) is 74.2 Å². The van der Waals surface area contributed by atoms with E-state index in [4.69, 9.17) is 10.00 Å². The number of halogens is 2. The van der Waals surface area contributed by atoms with E-state index in [0.717, 1.165) is 0 Å². The van der Waals surface area contributed by atoms with E-state index in [9.17, 15) is 9.18 Å². The highest BCUT2D eigenvalue weighted by molar-refractivity contribution is 9.10. The van der Waals surface area contributed by atoms with E-state index in [1.807, 2.05) is 6.07 Å². The summed E-state index contributed by atoms with van der Waals surface area (Å²) < 4.78 is 18.9. The predicted molar refractivity (Wildman–Crippen MR) is 76.8 cm³/mol. The smallest absolute Gasteiger partial charge is 0.242 e. The van der Waals surface area contributed by atoms with Crippen LogP contribution in [0.4, 0.5) is 10.1 Å². The lowest BCUT2D eigenvalue weighted by molar-refractivity contribution is -0.121. The second-order valence-corrected chi connectivity index (χ2v) is 4.84. The van der Waals surface area contributed by atoms with E-state index in [1.54, 1.807) is 6.92 Å². The van der Waals surface area contributed by atoms with Gasteiger partial charge in [-0.3, -0.25) is 4.79 Å². The third-order valence-corrected chi connectivity index (χ3v) is 3.35. The lowest BCUT2D eigenvalue weighted by Gasteiger charge is -2.16. The Kier molecular flexibility index (Phi) is 6.42. The number of hydrogen-bond donors (Lipinski definition) is 2. The summed E-state index contributed by atoms with van der Waals surface area (Å²) in [4.78, 5) is 11.7. The number of nitriles is 1. The molecular weight excluding hydrogens is 329 g/mol. The fourth-order valence-corrected chi connectivity index (χ4v) is 1.91. The quantitative estimate of drug-likeness (QED) is 0.775. The van der Waals surface area contributed by atoms with Gasteiger partial charge in [-0.2, -0.15) is 5.26 Å². The number of ether oxygens (including phenoxy) is 1. The summed E-state index contributed by atoms with van der Waals surface area (Å²) >= 11 is 3.01. The molecule has 0 saturated carbocycles. The van der Waals surface area contributed by atoms with Gasteiger partial charge in [0.15, 0.2) is 5.82 Å². The molecule has 0 saturated heterocycles. The molecule has 0 fully saturated rings. The molecule has 2 N–H and O–H groups in total. The lowest BCUT2D eigenvalue weighted by atomic mass is 10.2. The fourth-order valence-electron chi connectivity index (χ4n) is 1.48. The van der Waals surface area contributed by atoms with E-state index < -0.39 is 11.9 Å². The molecule has 0 bridgehead atoms. The molecule has 1 rings (SSSR count). The molecule has 1 aromatic rings. The van der Waals surface area contributed by atoms with Crippen LogP contribution in [0, 0.1) is 17.1 Å². The van der Waals surface area contributed by atoms with Gasteiger partial charge in [0.25, 0.3) is 0 Å². The van der Waals surface area contributed by atoms with Crippen molar-refractivity contribution in [2.24, 2.45) is 0 Å². The van der Waals surface area contributed by atoms with Gasteiger partial charge in [0.05, 0.1) is 22.3 Å². The maximum Gasteiger partial charge on any atom is 0.242 e. The molecule has 0 heterocycles. The van der Waals surface area contributed by atoms with E-state index in [-0.39, 0.29) is 21.6 Å². The van der Waals surface area contributed by atoms with Gasteiger partial charge in [-0.05, 0) is 35.0 Å². The lowest BCUT2D eigenvalue weighted by Crippen LogP contribution is -2.39. The highest BCUT2D eigenvalue weighted by atomic mass is 79.9. The Morgan fingerprint density at radius 1 is 1.60 bits per heavy atom. The molecule has 0 aliphatic rings. The molecule has 5 nitrogen and oxygen atoms in total. The summed E-state index contributed by atoms with van der Waals surface area (Å²) in [7, 11) is 1.54. The minimum absolute atomic E-state index is 0.0805. The zero-order valence-corrected chi connectivity index (χ0v) is 12.8. The SMILES string of the molecule is COCCNC(=O)C(C)Nc1ccc(C#N)c(Br)c1F. The zero-order valence-electron chi connectivity index (χ0n) is 11.2. The second kappa shape index (κ2) is 7.82. The monoisotopic (exact) mass is 343 g/mol. The predicted octanol–water partition coefficient (Wildman–Crippen LogP) is 2.02. The number of anilines is 1. The molecule has 1 amide bonds. The molecule has 0 radical (unpaired) electrons. The van der Waals surface area contributed by atoms with Gasteiger partial charge >= 0.3 is 0 Å².